The Labute approximate surface area is 147 Å². The van der Waals surface area contributed by atoms with E-state index in [1.807, 2.05) is 0 Å². The van der Waals surface area contributed by atoms with Gasteiger partial charge >= 0.3 is 0 Å². The zero-order valence-electron chi connectivity index (χ0n) is 15.2. The predicted octanol–water partition coefficient (Wildman–Crippen LogP) is 6.96. The van der Waals surface area contributed by atoms with E-state index in [4.69, 9.17) is 0 Å². The zero-order valence-corrected chi connectivity index (χ0v) is 16.1. The molecule has 0 bridgehead atoms. The summed E-state index contributed by atoms with van der Waals surface area (Å²) in [4.78, 5) is 0. The number of benzene rings is 3. The maximum absolute atomic E-state index is 2.43. The van der Waals surface area contributed by atoms with Crippen molar-refractivity contribution in [1.29, 1.82) is 0 Å². The van der Waals surface area contributed by atoms with Crippen molar-refractivity contribution < 1.29 is 0 Å². The Kier molecular flexibility index (Phi) is 5.07. The minimum atomic E-state index is 0.0833. The van der Waals surface area contributed by atoms with Gasteiger partial charge in [-0.3, -0.25) is 0 Å². The third-order valence-electron chi connectivity index (χ3n) is 4.92. The van der Waals surface area contributed by atoms with E-state index in [2.05, 4.69) is 94.2 Å². The first-order chi connectivity index (χ1) is 11.4. The van der Waals surface area contributed by atoms with Crippen LogP contribution in [-0.2, 0) is 6.42 Å². The van der Waals surface area contributed by atoms with Gasteiger partial charge in [0.15, 0.2) is 0 Å². The minimum absolute atomic E-state index is 0.0833. The maximum Gasteiger partial charge on any atom is -0.0178 e. The van der Waals surface area contributed by atoms with Gasteiger partial charge in [0.1, 0.15) is 0 Å². The Morgan fingerprint density at radius 3 is 2.04 bits per heavy atom. The first-order valence-electron chi connectivity index (χ1n) is 8.73. The lowest BCUT2D eigenvalue weighted by atomic mass is 10.00. The summed E-state index contributed by atoms with van der Waals surface area (Å²) in [5, 5.41) is 3.07. The molecule has 0 aliphatic heterocycles. The Morgan fingerprint density at radius 1 is 0.750 bits per heavy atom. The van der Waals surface area contributed by atoms with E-state index < -0.39 is 0 Å². The van der Waals surface area contributed by atoms with Crippen molar-refractivity contribution in [1.82, 2.24) is 0 Å². The second kappa shape index (κ2) is 7.08. The molecule has 0 fully saturated rings. The van der Waals surface area contributed by atoms with Crippen LogP contribution in [0.15, 0.2) is 66.7 Å². The molecule has 24 heavy (non-hydrogen) atoms. The number of rotatable bonds is 4. The van der Waals surface area contributed by atoms with Crippen molar-refractivity contribution in [3.8, 4) is 11.1 Å². The minimum Gasteiger partial charge on any atom is -0.104 e. The van der Waals surface area contributed by atoms with Crippen LogP contribution >= 0.6 is 7.92 Å². The van der Waals surface area contributed by atoms with Gasteiger partial charge in [0.2, 0.25) is 0 Å². The van der Waals surface area contributed by atoms with Crippen LogP contribution in [0, 0.1) is 0 Å². The molecule has 3 aromatic carbocycles. The Balaban J connectivity index is 1.73. The van der Waals surface area contributed by atoms with Gasteiger partial charge in [0.05, 0.1) is 0 Å². The van der Waals surface area contributed by atoms with Crippen LogP contribution in [-0.4, -0.2) is 18.0 Å². The molecule has 0 aliphatic rings. The molecule has 0 amide bonds. The fourth-order valence-electron chi connectivity index (χ4n) is 2.86. The molecule has 0 saturated heterocycles. The van der Waals surface area contributed by atoms with Crippen molar-refractivity contribution in [2.24, 2.45) is 0 Å². The molecule has 124 valence electrons. The van der Waals surface area contributed by atoms with Crippen LogP contribution in [0.4, 0.5) is 0 Å². The monoisotopic (exact) mass is 334 g/mol. The molecule has 0 N–H and O–H groups in total. The summed E-state index contributed by atoms with van der Waals surface area (Å²) < 4.78 is 0. The first kappa shape index (κ1) is 17.2. The molecule has 0 aromatic heterocycles. The predicted molar refractivity (Wildman–Crippen MR) is 111 cm³/mol. The van der Waals surface area contributed by atoms with E-state index in [-0.39, 0.29) is 7.92 Å². The lowest BCUT2D eigenvalue weighted by Crippen LogP contribution is -2.13. The van der Waals surface area contributed by atoms with Crippen molar-refractivity contribution in [2.45, 2.75) is 32.3 Å². The highest BCUT2D eigenvalue weighted by molar-refractivity contribution is 7.58. The van der Waals surface area contributed by atoms with Gasteiger partial charge in [-0.2, -0.15) is 0 Å². The fourth-order valence-corrected chi connectivity index (χ4v) is 4.13. The molecular weight excluding hydrogens is 307 g/mol. The van der Waals surface area contributed by atoms with Gasteiger partial charge in [-0.05, 0) is 57.9 Å². The molecule has 0 spiro atoms. The molecule has 0 radical (unpaired) electrons. The molecule has 1 atom stereocenters. The molecule has 3 aromatic rings. The molecule has 0 aliphatic carbocycles. The molecule has 0 saturated carbocycles. The normalized spacial score (nSPS) is 13.2. The highest BCUT2D eigenvalue weighted by Gasteiger charge is 2.18. The molecular formula is C23H27P. The number of fused-ring (bicyclic) bond motifs is 1. The average Bonchev–Trinajstić information content (AvgIpc) is 2.59. The van der Waals surface area contributed by atoms with Crippen LogP contribution < -0.4 is 0 Å². The van der Waals surface area contributed by atoms with Crippen LogP contribution in [0.1, 0.15) is 26.3 Å². The molecule has 1 heteroatoms. The number of aryl methyl sites for hydroxylation is 1. The van der Waals surface area contributed by atoms with E-state index >= 15 is 0 Å². The van der Waals surface area contributed by atoms with Crippen LogP contribution in [0.5, 0.6) is 0 Å². The fraction of sp³-hybridized carbons (Fsp3) is 0.304. The van der Waals surface area contributed by atoms with Crippen LogP contribution in [0.3, 0.4) is 0 Å². The highest BCUT2D eigenvalue weighted by atomic mass is 31.1. The molecule has 3 rings (SSSR count). The Bertz CT molecular complexity index is 809. The van der Waals surface area contributed by atoms with Gasteiger partial charge in [-0.1, -0.05) is 81.4 Å². The van der Waals surface area contributed by atoms with Crippen molar-refractivity contribution >= 4 is 18.7 Å². The lowest BCUT2D eigenvalue weighted by Gasteiger charge is -2.27. The van der Waals surface area contributed by atoms with Crippen LogP contribution in [0.25, 0.3) is 21.9 Å². The standard InChI is InChI=1S/C23H27P/c1-23(2,3)24(4)16-15-18-9-11-20(12-10-18)22-14-13-19-7-5-6-8-21(19)17-22/h5-14,17H,15-16H2,1-4H3. The summed E-state index contributed by atoms with van der Waals surface area (Å²) in [5.41, 5.74) is 4.06. The lowest BCUT2D eigenvalue weighted by molar-refractivity contribution is 0.781. The molecule has 1 unspecified atom stereocenters. The summed E-state index contributed by atoms with van der Waals surface area (Å²) in [6.07, 6.45) is 2.51. The quantitative estimate of drug-likeness (QED) is 0.452. The summed E-state index contributed by atoms with van der Waals surface area (Å²) in [5.74, 6) is 0. The van der Waals surface area contributed by atoms with Gasteiger partial charge in [0, 0.05) is 0 Å². The van der Waals surface area contributed by atoms with Gasteiger partial charge in [-0.15, -0.1) is 7.92 Å². The van der Waals surface area contributed by atoms with E-state index in [9.17, 15) is 0 Å². The van der Waals surface area contributed by atoms with E-state index in [1.54, 1.807) is 0 Å². The molecule has 0 nitrogen and oxygen atoms in total. The number of hydrogen-bond acceptors (Lipinski definition) is 0. The van der Waals surface area contributed by atoms with Gasteiger partial charge < -0.3 is 0 Å². The van der Waals surface area contributed by atoms with Crippen LogP contribution in [0.2, 0.25) is 0 Å². The summed E-state index contributed by atoms with van der Waals surface area (Å²) in [6.45, 7) is 9.52. The third kappa shape index (κ3) is 4.05. The van der Waals surface area contributed by atoms with Crippen molar-refractivity contribution in [2.75, 3.05) is 12.8 Å². The maximum atomic E-state index is 2.43. The second-order valence-electron chi connectivity index (χ2n) is 7.60. The summed E-state index contributed by atoms with van der Waals surface area (Å²) in [7, 11) is 0.0833. The van der Waals surface area contributed by atoms with Crippen molar-refractivity contribution in [3.63, 3.8) is 0 Å². The average molecular weight is 334 g/mol. The van der Waals surface area contributed by atoms with E-state index in [0.717, 1.165) is 0 Å². The van der Waals surface area contributed by atoms with Crippen molar-refractivity contribution in [3.05, 3.63) is 72.3 Å². The Hall–Kier alpha value is -1.65. The molecule has 0 heterocycles. The zero-order chi connectivity index (χ0) is 17.2. The third-order valence-corrected chi connectivity index (χ3v) is 8.10. The first-order valence-corrected chi connectivity index (χ1v) is 10.7. The topological polar surface area (TPSA) is 0 Å². The smallest absolute Gasteiger partial charge is 0.0178 e. The van der Waals surface area contributed by atoms with E-state index in [1.165, 1.54) is 40.0 Å². The highest BCUT2D eigenvalue weighted by Crippen LogP contribution is 2.45. The SMILES string of the molecule is CP(CCc1ccc(-c2ccc3ccccc3c2)cc1)C(C)(C)C. The van der Waals surface area contributed by atoms with Gasteiger partial charge in [0.25, 0.3) is 0 Å². The summed E-state index contributed by atoms with van der Waals surface area (Å²) in [6, 6.07) is 24.4. The number of hydrogen-bond donors (Lipinski definition) is 0. The van der Waals surface area contributed by atoms with E-state index in [0.29, 0.717) is 5.16 Å². The Morgan fingerprint density at radius 2 is 1.38 bits per heavy atom. The van der Waals surface area contributed by atoms with Gasteiger partial charge in [-0.25, -0.2) is 0 Å². The second-order valence-corrected chi connectivity index (χ2v) is 10.8. The summed E-state index contributed by atoms with van der Waals surface area (Å²) >= 11 is 0. The largest absolute Gasteiger partial charge is 0.104 e.